The highest BCUT2D eigenvalue weighted by atomic mass is 32.1. The zero-order chi connectivity index (χ0) is 17.2. The molecule has 128 valence electrons. The van der Waals surface area contributed by atoms with E-state index in [-0.39, 0.29) is 6.04 Å². The molecule has 0 aliphatic heterocycles. The minimum absolute atomic E-state index is 0.120. The van der Waals surface area contributed by atoms with Crippen LogP contribution in [0.2, 0.25) is 0 Å². The Kier molecular flexibility index (Phi) is 4.80. The number of rotatable bonds is 6. The van der Waals surface area contributed by atoms with E-state index in [2.05, 4.69) is 27.8 Å². The molecule has 4 rings (SSSR count). The van der Waals surface area contributed by atoms with Gasteiger partial charge in [0.1, 0.15) is 10.5 Å². The molecule has 4 aromatic rings. The van der Waals surface area contributed by atoms with E-state index in [1.165, 1.54) is 31.6 Å². The summed E-state index contributed by atoms with van der Waals surface area (Å²) in [6, 6.07) is 8.44. The topological polar surface area (TPSA) is 63.8 Å². The van der Waals surface area contributed by atoms with Crippen LogP contribution < -0.4 is 11.1 Å². The Morgan fingerprint density at radius 2 is 2.08 bits per heavy atom. The molecule has 1 atom stereocenters. The summed E-state index contributed by atoms with van der Waals surface area (Å²) in [5, 5.41) is 6.79. The molecule has 0 radical (unpaired) electrons. The van der Waals surface area contributed by atoms with Crippen molar-refractivity contribution in [1.82, 2.24) is 9.36 Å². The fourth-order valence-corrected chi connectivity index (χ4v) is 5.73. The number of pyridine rings is 1. The maximum atomic E-state index is 6.09. The van der Waals surface area contributed by atoms with Gasteiger partial charge in [0.05, 0.1) is 11.2 Å². The van der Waals surface area contributed by atoms with Crippen molar-refractivity contribution in [1.29, 1.82) is 0 Å². The number of thiophene rings is 2. The SMILES string of the molecule is C[C@H](N)Cc1sc2c(NCc3cccs3)snc2c1-c1ccncc1. The fourth-order valence-electron chi connectivity index (χ4n) is 2.79. The molecule has 0 aromatic carbocycles. The van der Waals surface area contributed by atoms with Crippen LogP contribution in [0.5, 0.6) is 0 Å². The van der Waals surface area contributed by atoms with Gasteiger partial charge in [-0.3, -0.25) is 4.98 Å². The lowest BCUT2D eigenvalue weighted by atomic mass is 10.0. The summed E-state index contributed by atoms with van der Waals surface area (Å²) in [5.41, 5.74) is 9.53. The summed E-state index contributed by atoms with van der Waals surface area (Å²) < 4.78 is 5.98. The molecule has 25 heavy (non-hydrogen) atoms. The minimum atomic E-state index is 0.120. The Hall–Kier alpha value is -1.80. The lowest BCUT2D eigenvalue weighted by Gasteiger charge is -2.06. The third-order valence-corrected chi connectivity index (χ3v) is 6.90. The maximum absolute atomic E-state index is 6.09. The van der Waals surface area contributed by atoms with Crippen LogP contribution >= 0.6 is 34.2 Å². The van der Waals surface area contributed by atoms with Crippen LogP contribution in [0.15, 0.2) is 42.0 Å². The molecule has 3 N–H and O–H groups in total. The third-order valence-electron chi connectivity index (χ3n) is 3.87. The highest BCUT2D eigenvalue weighted by molar-refractivity contribution is 7.25. The average Bonchev–Trinajstić information content (AvgIpc) is 3.30. The van der Waals surface area contributed by atoms with Gasteiger partial charge in [0, 0.05) is 33.8 Å². The van der Waals surface area contributed by atoms with E-state index >= 15 is 0 Å². The molecule has 7 heteroatoms. The summed E-state index contributed by atoms with van der Waals surface area (Å²) >= 11 is 5.11. The highest BCUT2D eigenvalue weighted by Crippen LogP contribution is 2.44. The van der Waals surface area contributed by atoms with Crippen molar-refractivity contribution in [3.05, 3.63) is 51.8 Å². The van der Waals surface area contributed by atoms with Crippen LogP contribution in [0.4, 0.5) is 5.00 Å². The summed E-state index contributed by atoms with van der Waals surface area (Å²) in [4.78, 5) is 6.76. The van der Waals surface area contributed by atoms with Gasteiger partial charge in [-0.25, -0.2) is 0 Å². The summed E-state index contributed by atoms with van der Waals surface area (Å²) in [5.74, 6) is 0. The lowest BCUT2D eigenvalue weighted by molar-refractivity contribution is 0.747. The first-order chi connectivity index (χ1) is 12.2. The normalized spacial score (nSPS) is 12.6. The van der Waals surface area contributed by atoms with E-state index in [1.807, 2.05) is 31.5 Å². The molecular formula is C18H18N4S3. The number of nitrogens with zero attached hydrogens (tertiary/aromatic N) is 2. The molecule has 0 saturated carbocycles. The van der Waals surface area contributed by atoms with E-state index in [4.69, 9.17) is 10.1 Å². The van der Waals surface area contributed by atoms with E-state index < -0.39 is 0 Å². The average molecular weight is 387 g/mol. The maximum Gasteiger partial charge on any atom is 0.127 e. The second kappa shape index (κ2) is 7.21. The molecule has 0 saturated heterocycles. The predicted octanol–water partition coefficient (Wildman–Crippen LogP) is 4.98. The summed E-state index contributed by atoms with van der Waals surface area (Å²) in [6.07, 6.45) is 4.52. The van der Waals surface area contributed by atoms with Gasteiger partial charge in [-0.05, 0) is 54.0 Å². The Bertz CT molecular complexity index is 955. The van der Waals surface area contributed by atoms with Crippen molar-refractivity contribution >= 4 is 49.4 Å². The second-order valence-electron chi connectivity index (χ2n) is 5.94. The van der Waals surface area contributed by atoms with Gasteiger partial charge in [0.2, 0.25) is 0 Å². The Labute approximate surface area is 158 Å². The van der Waals surface area contributed by atoms with Gasteiger partial charge in [-0.2, -0.15) is 4.37 Å². The predicted molar refractivity (Wildman–Crippen MR) is 110 cm³/mol. The monoisotopic (exact) mass is 386 g/mol. The quantitative estimate of drug-likeness (QED) is 0.490. The van der Waals surface area contributed by atoms with Crippen LogP contribution in [0, 0.1) is 0 Å². The number of hydrogen-bond donors (Lipinski definition) is 2. The Balaban J connectivity index is 1.74. The molecular weight excluding hydrogens is 368 g/mol. The van der Waals surface area contributed by atoms with Crippen molar-refractivity contribution in [2.45, 2.75) is 25.9 Å². The number of anilines is 1. The smallest absolute Gasteiger partial charge is 0.127 e. The number of aromatic nitrogens is 2. The number of nitrogens with two attached hydrogens (primary N) is 1. The number of nitrogens with one attached hydrogen (secondary N) is 1. The summed E-state index contributed by atoms with van der Waals surface area (Å²) in [7, 11) is 0. The van der Waals surface area contributed by atoms with E-state index in [9.17, 15) is 0 Å². The third kappa shape index (κ3) is 3.46. The van der Waals surface area contributed by atoms with Gasteiger partial charge < -0.3 is 11.1 Å². The molecule has 0 aliphatic rings. The van der Waals surface area contributed by atoms with Crippen molar-refractivity contribution in [2.24, 2.45) is 5.73 Å². The Morgan fingerprint density at radius 3 is 2.80 bits per heavy atom. The second-order valence-corrected chi connectivity index (χ2v) is 8.85. The van der Waals surface area contributed by atoms with Crippen LogP contribution in [-0.4, -0.2) is 15.4 Å². The van der Waals surface area contributed by atoms with Gasteiger partial charge in [0.15, 0.2) is 0 Å². The molecule has 4 heterocycles. The van der Waals surface area contributed by atoms with E-state index in [0.29, 0.717) is 0 Å². The lowest BCUT2D eigenvalue weighted by Crippen LogP contribution is -2.17. The molecule has 0 aliphatic carbocycles. The van der Waals surface area contributed by atoms with Gasteiger partial charge >= 0.3 is 0 Å². The molecule has 0 unspecified atom stereocenters. The number of fused-ring (bicyclic) bond motifs is 1. The fraction of sp³-hybridized carbons (Fsp3) is 0.222. The molecule has 0 amide bonds. The Morgan fingerprint density at radius 1 is 1.24 bits per heavy atom. The first-order valence-corrected chi connectivity index (χ1v) is 10.5. The van der Waals surface area contributed by atoms with Crippen LogP contribution in [0.25, 0.3) is 21.3 Å². The standard InChI is InChI=1S/C18H18N4S3/c1-11(19)9-14-15(12-4-6-20-7-5-12)16-17(24-14)18(25-22-16)21-10-13-3-2-8-23-13/h2-8,11,21H,9-10,19H2,1H3/t11-/m0/s1. The van der Waals surface area contributed by atoms with Crippen molar-refractivity contribution in [3.63, 3.8) is 0 Å². The van der Waals surface area contributed by atoms with Crippen molar-refractivity contribution < 1.29 is 0 Å². The van der Waals surface area contributed by atoms with Crippen LogP contribution in [0.3, 0.4) is 0 Å². The van der Waals surface area contributed by atoms with E-state index in [1.54, 1.807) is 22.7 Å². The first kappa shape index (κ1) is 16.7. The van der Waals surface area contributed by atoms with Crippen molar-refractivity contribution in [3.8, 4) is 11.1 Å². The highest BCUT2D eigenvalue weighted by Gasteiger charge is 2.20. The van der Waals surface area contributed by atoms with Crippen LogP contribution in [-0.2, 0) is 13.0 Å². The summed E-state index contributed by atoms with van der Waals surface area (Å²) in [6.45, 7) is 2.88. The van der Waals surface area contributed by atoms with Crippen LogP contribution in [0.1, 0.15) is 16.7 Å². The molecule has 4 nitrogen and oxygen atoms in total. The zero-order valence-electron chi connectivity index (χ0n) is 13.7. The molecule has 0 spiro atoms. The molecule has 0 fully saturated rings. The van der Waals surface area contributed by atoms with Gasteiger partial charge in [-0.1, -0.05) is 6.07 Å². The number of hydrogen-bond acceptors (Lipinski definition) is 7. The van der Waals surface area contributed by atoms with E-state index in [0.717, 1.165) is 29.0 Å². The minimum Gasteiger partial charge on any atom is -0.370 e. The zero-order valence-corrected chi connectivity index (χ0v) is 16.2. The largest absolute Gasteiger partial charge is 0.370 e. The van der Waals surface area contributed by atoms with Gasteiger partial charge in [0.25, 0.3) is 0 Å². The van der Waals surface area contributed by atoms with Crippen molar-refractivity contribution in [2.75, 3.05) is 5.32 Å². The van der Waals surface area contributed by atoms with Gasteiger partial charge in [-0.15, -0.1) is 22.7 Å². The molecule has 0 bridgehead atoms. The first-order valence-electron chi connectivity index (χ1n) is 8.05. The molecule has 4 aromatic heterocycles.